The Labute approximate surface area is 124 Å². The van der Waals surface area contributed by atoms with Crippen LogP contribution in [-0.2, 0) is 9.59 Å². The molecule has 1 rings (SSSR count). The standard InChI is InChI=1S/C13H24N4O4/c1-3-17(10(2)8-12(19)20)13(21)15-9-11(18)16-6-4-14-5-7-16/h10,14H,3-9H2,1-2H3,(H,15,21)(H,19,20). The molecule has 1 heterocycles. The zero-order valence-electron chi connectivity index (χ0n) is 12.6. The smallest absolute Gasteiger partial charge is 0.318 e. The maximum atomic E-state index is 12.0. The van der Waals surface area contributed by atoms with Gasteiger partial charge in [0.1, 0.15) is 0 Å². The molecule has 1 aliphatic rings. The van der Waals surface area contributed by atoms with Gasteiger partial charge in [0, 0.05) is 38.8 Å². The molecule has 0 bridgehead atoms. The number of rotatable bonds is 6. The Balaban J connectivity index is 2.42. The summed E-state index contributed by atoms with van der Waals surface area (Å²) in [7, 11) is 0. The van der Waals surface area contributed by atoms with Gasteiger partial charge in [-0.25, -0.2) is 4.79 Å². The van der Waals surface area contributed by atoms with Gasteiger partial charge in [0.25, 0.3) is 0 Å². The number of carbonyl (C=O) groups is 3. The molecule has 0 aromatic rings. The van der Waals surface area contributed by atoms with Crippen molar-refractivity contribution in [1.82, 2.24) is 20.4 Å². The third-order valence-electron chi connectivity index (χ3n) is 3.46. The fraction of sp³-hybridized carbons (Fsp3) is 0.769. The summed E-state index contributed by atoms with van der Waals surface area (Å²) in [6.45, 7) is 6.58. The molecule has 120 valence electrons. The maximum absolute atomic E-state index is 12.0. The molecule has 0 aromatic carbocycles. The van der Waals surface area contributed by atoms with Gasteiger partial charge in [-0.3, -0.25) is 9.59 Å². The molecule has 1 fully saturated rings. The minimum atomic E-state index is -0.953. The number of hydrogen-bond acceptors (Lipinski definition) is 4. The van der Waals surface area contributed by atoms with Crippen LogP contribution in [0.25, 0.3) is 0 Å². The van der Waals surface area contributed by atoms with E-state index in [1.54, 1.807) is 18.7 Å². The maximum Gasteiger partial charge on any atom is 0.318 e. The van der Waals surface area contributed by atoms with E-state index in [0.717, 1.165) is 13.1 Å². The van der Waals surface area contributed by atoms with Crippen molar-refractivity contribution in [3.8, 4) is 0 Å². The van der Waals surface area contributed by atoms with Crippen molar-refractivity contribution in [2.24, 2.45) is 0 Å². The number of carboxylic acid groups (broad SMARTS) is 1. The number of carbonyl (C=O) groups excluding carboxylic acids is 2. The largest absolute Gasteiger partial charge is 0.481 e. The Hall–Kier alpha value is -1.83. The van der Waals surface area contributed by atoms with Gasteiger partial charge in [-0.1, -0.05) is 0 Å². The van der Waals surface area contributed by atoms with Crippen molar-refractivity contribution in [2.75, 3.05) is 39.3 Å². The summed E-state index contributed by atoms with van der Waals surface area (Å²) in [5.41, 5.74) is 0. The monoisotopic (exact) mass is 300 g/mol. The number of urea groups is 1. The van der Waals surface area contributed by atoms with Gasteiger partial charge >= 0.3 is 12.0 Å². The molecule has 8 nitrogen and oxygen atoms in total. The zero-order valence-corrected chi connectivity index (χ0v) is 12.6. The second-order valence-electron chi connectivity index (χ2n) is 5.02. The van der Waals surface area contributed by atoms with Gasteiger partial charge in [-0.2, -0.15) is 0 Å². The van der Waals surface area contributed by atoms with Crippen LogP contribution >= 0.6 is 0 Å². The second-order valence-corrected chi connectivity index (χ2v) is 5.02. The Bertz CT molecular complexity index is 382. The molecule has 0 saturated carbocycles. The molecule has 0 aliphatic carbocycles. The highest BCUT2D eigenvalue weighted by atomic mass is 16.4. The molecule has 0 spiro atoms. The number of amides is 3. The van der Waals surface area contributed by atoms with Crippen LogP contribution < -0.4 is 10.6 Å². The Morgan fingerprint density at radius 3 is 2.48 bits per heavy atom. The molecular formula is C13H24N4O4. The lowest BCUT2D eigenvalue weighted by Gasteiger charge is -2.29. The molecule has 1 unspecified atom stereocenters. The van der Waals surface area contributed by atoms with Gasteiger partial charge in [0.05, 0.1) is 13.0 Å². The normalized spacial score (nSPS) is 16.2. The number of nitrogens with one attached hydrogen (secondary N) is 2. The molecule has 21 heavy (non-hydrogen) atoms. The first-order valence-corrected chi connectivity index (χ1v) is 7.20. The summed E-state index contributed by atoms with van der Waals surface area (Å²) >= 11 is 0. The van der Waals surface area contributed by atoms with E-state index in [0.29, 0.717) is 19.6 Å². The highest BCUT2D eigenvalue weighted by Gasteiger charge is 2.22. The summed E-state index contributed by atoms with van der Waals surface area (Å²) in [4.78, 5) is 37.8. The lowest BCUT2D eigenvalue weighted by Crippen LogP contribution is -2.52. The Morgan fingerprint density at radius 2 is 1.95 bits per heavy atom. The van der Waals surface area contributed by atoms with Crippen LogP contribution in [0.2, 0.25) is 0 Å². The molecule has 1 saturated heterocycles. The van der Waals surface area contributed by atoms with Crippen LogP contribution in [0.1, 0.15) is 20.3 Å². The summed E-state index contributed by atoms with van der Waals surface area (Å²) in [5.74, 6) is -1.07. The van der Waals surface area contributed by atoms with Crippen LogP contribution in [-0.4, -0.2) is 78.1 Å². The van der Waals surface area contributed by atoms with Crippen LogP contribution in [0.3, 0.4) is 0 Å². The quantitative estimate of drug-likeness (QED) is 0.603. The summed E-state index contributed by atoms with van der Waals surface area (Å²) in [6.07, 6.45) is -0.118. The third-order valence-corrected chi connectivity index (χ3v) is 3.46. The van der Waals surface area contributed by atoms with Gasteiger partial charge in [-0.15, -0.1) is 0 Å². The van der Waals surface area contributed by atoms with Gasteiger partial charge in [-0.05, 0) is 13.8 Å². The molecule has 8 heteroatoms. The van der Waals surface area contributed by atoms with E-state index in [4.69, 9.17) is 5.11 Å². The van der Waals surface area contributed by atoms with E-state index in [9.17, 15) is 14.4 Å². The van der Waals surface area contributed by atoms with Crippen LogP contribution in [0.15, 0.2) is 0 Å². The number of nitrogens with zero attached hydrogens (tertiary/aromatic N) is 2. The number of piperazine rings is 1. The van der Waals surface area contributed by atoms with Gasteiger partial charge in [0.2, 0.25) is 5.91 Å². The van der Waals surface area contributed by atoms with Gasteiger partial charge in [0.15, 0.2) is 0 Å². The van der Waals surface area contributed by atoms with Crippen molar-refractivity contribution < 1.29 is 19.5 Å². The first-order chi connectivity index (χ1) is 9.95. The number of aliphatic carboxylic acids is 1. The van der Waals surface area contributed by atoms with E-state index >= 15 is 0 Å². The fourth-order valence-corrected chi connectivity index (χ4v) is 2.30. The van der Waals surface area contributed by atoms with Crippen LogP contribution in [0.4, 0.5) is 4.79 Å². The highest BCUT2D eigenvalue weighted by Crippen LogP contribution is 2.04. The van der Waals surface area contributed by atoms with Crippen molar-refractivity contribution in [2.45, 2.75) is 26.3 Å². The van der Waals surface area contributed by atoms with Crippen molar-refractivity contribution >= 4 is 17.9 Å². The molecule has 0 aromatic heterocycles. The summed E-state index contributed by atoms with van der Waals surface area (Å²) < 4.78 is 0. The molecule has 3 amide bonds. The number of hydrogen-bond donors (Lipinski definition) is 3. The molecular weight excluding hydrogens is 276 g/mol. The van der Waals surface area contributed by atoms with E-state index in [1.807, 2.05) is 0 Å². The van der Waals surface area contributed by atoms with Crippen LogP contribution in [0.5, 0.6) is 0 Å². The molecule has 1 atom stereocenters. The van der Waals surface area contributed by atoms with Crippen molar-refractivity contribution in [3.63, 3.8) is 0 Å². The second kappa shape index (κ2) is 8.46. The average molecular weight is 300 g/mol. The Kier molecular flexibility index (Phi) is 6.93. The molecule has 1 aliphatic heterocycles. The third kappa shape index (κ3) is 5.58. The average Bonchev–Trinajstić information content (AvgIpc) is 2.45. The summed E-state index contributed by atoms with van der Waals surface area (Å²) in [5, 5.41) is 14.5. The number of carboxylic acids is 1. The van der Waals surface area contributed by atoms with E-state index < -0.39 is 18.0 Å². The minimum absolute atomic E-state index is 0.0604. The molecule has 0 radical (unpaired) electrons. The molecule has 3 N–H and O–H groups in total. The lowest BCUT2D eigenvalue weighted by molar-refractivity contribution is -0.138. The fourth-order valence-electron chi connectivity index (χ4n) is 2.30. The first-order valence-electron chi connectivity index (χ1n) is 7.20. The van der Waals surface area contributed by atoms with Crippen LogP contribution in [0, 0.1) is 0 Å². The van der Waals surface area contributed by atoms with E-state index in [-0.39, 0.29) is 18.9 Å². The minimum Gasteiger partial charge on any atom is -0.481 e. The first kappa shape index (κ1) is 17.2. The topological polar surface area (TPSA) is 102 Å². The predicted molar refractivity (Wildman–Crippen MR) is 76.9 cm³/mol. The predicted octanol–water partition coefficient (Wildman–Crippen LogP) is -0.687. The zero-order chi connectivity index (χ0) is 15.8. The van der Waals surface area contributed by atoms with Crippen molar-refractivity contribution in [1.29, 1.82) is 0 Å². The highest BCUT2D eigenvalue weighted by molar-refractivity contribution is 5.84. The summed E-state index contributed by atoms with van der Waals surface area (Å²) in [6, 6.07) is -0.823. The van der Waals surface area contributed by atoms with Crippen molar-refractivity contribution in [3.05, 3.63) is 0 Å². The van der Waals surface area contributed by atoms with E-state index in [1.165, 1.54) is 4.90 Å². The van der Waals surface area contributed by atoms with E-state index in [2.05, 4.69) is 10.6 Å². The lowest BCUT2D eigenvalue weighted by atomic mass is 10.2. The SMILES string of the molecule is CCN(C(=O)NCC(=O)N1CCNCC1)C(C)CC(=O)O. The van der Waals surface area contributed by atoms with Gasteiger partial charge < -0.3 is 25.5 Å². The Morgan fingerprint density at radius 1 is 1.33 bits per heavy atom.